The third-order valence-electron chi connectivity index (χ3n) is 2.88. The van der Waals surface area contributed by atoms with Gasteiger partial charge in [-0.3, -0.25) is 14.7 Å². The Hall–Kier alpha value is -1.52. The molecule has 2 rings (SSSR count). The van der Waals surface area contributed by atoms with Crippen molar-refractivity contribution in [2.24, 2.45) is 0 Å². The molecule has 0 aromatic heterocycles. The van der Waals surface area contributed by atoms with Gasteiger partial charge >= 0.3 is 10.1 Å². The standard InChI is InChI=1S/C9H11I.C6H5NO5S/c1-7(2)8-3-5-9(10)6-4-8;8-7(9)5-3-1-2-4-6(5)13(10,11)12/h3-7H,1-2H3;1-4H,(H,10,11,12). The second-order valence-corrected chi connectivity index (χ2v) is 7.54. The highest BCUT2D eigenvalue weighted by atomic mass is 127. The van der Waals surface area contributed by atoms with Crippen molar-refractivity contribution in [3.63, 3.8) is 0 Å². The van der Waals surface area contributed by atoms with Gasteiger partial charge in [-0.05, 0) is 52.3 Å². The monoisotopic (exact) mass is 449 g/mol. The average Bonchev–Trinajstić information content (AvgIpc) is 2.47. The first-order valence-electron chi connectivity index (χ1n) is 6.59. The van der Waals surface area contributed by atoms with Gasteiger partial charge in [-0.1, -0.05) is 38.1 Å². The molecule has 6 nitrogen and oxygen atoms in total. The van der Waals surface area contributed by atoms with Gasteiger partial charge in [0.2, 0.25) is 0 Å². The molecule has 0 aliphatic rings. The zero-order valence-corrected chi connectivity index (χ0v) is 15.5. The van der Waals surface area contributed by atoms with Gasteiger partial charge in [0.15, 0.2) is 4.90 Å². The maximum absolute atomic E-state index is 10.6. The van der Waals surface area contributed by atoms with Crippen molar-refractivity contribution in [3.05, 3.63) is 67.8 Å². The Kier molecular flexibility index (Phi) is 7.10. The summed E-state index contributed by atoms with van der Waals surface area (Å²) in [5.41, 5.74) is 0.783. The van der Waals surface area contributed by atoms with Crippen molar-refractivity contribution in [3.8, 4) is 0 Å². The number of nitrogens with zero attached hydrogens (tertiary/aromatic N) is 1. The predicted octanol–water partition coefficient (Wildman–Crippen LogP) is 4.26. The fourth-order valence-electron chi connectivity index (χ4n) is 1.67. The molecule has 0 radical (unpaired) electrons. The maximum atomic E-state index is 10.6. The van der Waals surface area contributed by atoms with Gasteiger partial charge in [0.1, 0.15) is 0 Å². The van der Waals surface area contributed by atoms with E-state index in [-0.39, 0.29) is 0 Å². The van der Waals surface area contributed by atoms with E-state index in [1.807, 2.05) is 0 Å². The topological polar surface area (TPSA) is 97.5 Å². The second-order valence-electron chi connectivity index (χ2n) is 4.91. The number of benzene rings is 2. The van der Waals surface area contributed by atoms with Crippen LogP contribution in [0.2, 0.25) is 0 Å². The molecule has 0 unspecified atom stereocenters. The molecule has 0 bridgehead atoms. The molecule has 0 saturated carbocycles. The van der Waals surface area contributed by atoms with Crippen LogP contribution in [0.3, 0.4) is 0 Å². The van der Waals surface area contributed by atoms with Gasteiger partial charge in [-0.2, -0.15) is 8.42 Å². The molecule has 124 valence electrons. The molecule has 8 heteroatoms. The summed E-state index contributed by atoms with van der Waals surface area (Å²) in [6, 6.07) is 13.2. The Labute approximate surface area is 148 Å². The van der Waals surface area contributed by atoms with Gasteiger partial charge in [-0.15, -0.1) is 0 Å². The van der Waals surface area contributed by atoms with Crippen LogP contribution in [0.5, 0.6) is 0 Å². The summed E-state index contributed by atoms with van der Waals surface area (Å²) < 4.78 is 31.1. The molecule has 0 atom stereocenters. The number of nitro benzene ring substituents is 1. The first-order valence-corrected chi connectivity index (χ1v) is 9.11. The number of nitro groups is 1. The van der Waals surface area contributed by atoms with E-state index in [0.29, 0.717) is 5.92 Å². The normalized spacial score (nSPS) is 10.8. The predicted molar refractivity (Wildman–Crippen MR) is 96.2 cm³/mol. The van der Waals surface area contributed by atoms with E-state index in [9.17, 15) is 18.5 Å². The first-order chi connectivity index (χ1) is 10.6. The summed E-state index contributed by atoms with van der Waals surface area (Å²) in [6.45, 7) is 4.42. The lowest BCUT2D eigenvalue weighted by molar-refractivity contribution is -0.387. The largest absolute Gasteiger partial charge is 0.301 e. The maximum Gasteiger partial charge on any atom is 0.301 e. The van der Waals surface area contributed by atoms with Crippen molar-refractivity contribution in [2.75, 3.05) is 0 Å². The fourth-order valence-corrected chi connectivity index (χ4v) is 2.69. The van der Waals surface area contributed by atoms with Crippen LogP contribution in [0.1, 0.15) is 25.3 Å². The third-order valence-corrected chi connectivity index (χ3v) is 4.50. The van der Waals surface area contributed by atoms with Crippen LogP contribution in [-0.4, -0.2) is 17.9 Å². The molecule has 2 aromatic carbocycles. The van der Waals surface area contributed by atoms with Crippen LogP contribution in [0.15, 0.2) is 53.4 Å². The van der Waals surface area contributed by atoms with Crippen molar-refractivity contribution in [1.29, 1.82) is 0 Å². The summed E-state index contributed by atoms with van der Waals surface area (Å²) in [5.74, 6) is 0.650. The van der Waals surface area contributed by atoms with Crippen molar-refractivity contribution >= 4 is 38.4 Å². The highest BCUT2D eigenvalue weighted by Crippen LogP contribution is 2.22. The van der Waals surface area contributed by atoms with Crippen molar-refractivity contribution < 1.29 is 17.9 Å². The third kappa shape index (κ3) is 6.24. The molecule has 0 fully saturated rings. The molecule has 0 saturated heterocycles. The zero-order valence-electron chi connectivity index (χ0n) is 12.5. The van der Waals surface area contributed by atoms with Gasteiger partial charge in [0.05, 0.1) is 4.92 Å². The Balaban J connectivity index is 0.000000238. The van der Waals surface area contributed by atoms with E-state index in [0.717, 1.165) is 12.1 Å². The molecule has 0 spiro atoms. The molecular formula is C15H16INO5S. The molecular weight excluding hydrogens is 433 g/mol. The van der Waals surface area contributed by atoms with E-state index < -0.39 is 25.6 Å². The van der Waals surface area contributed by atoms with Crippen LogP contribution >= 0.6 is 22.6 Å². The van der Waals surface area contributed by atoms with Gasteiger partial charge in [-0.25, -0.2) is 0 Å². The highest BCUT2D eigenvalue weighted by Gasteiger charge is 2.22. The minimum atomic E-state index is -4.52. The van der Waals surface area contributed by atoms with E-state index >= 15 is 0 Å². The molecule has 2 aromatic rings. The van der Waals surface area contributed by atoms with Crippen LogP contribution in [0, 0.1) is 13.7 Å². The van der Waals surface area contributed by atoms with E-state index in [4.69, 9.17) is 4.55 Å². The van der Waals surface area contributed by atoms with Crippen molar-refractivity contribution in [2.45, 2.75) is 24.7 Å². The van der Waals surface area contributed by atoms with Gasteiger partial charge < -0.3 is 0 Å². The number of halogens is 1. The minimum absolute atomic E-state index is 0.634. The number of rotatable bonds is 3. The second kappa shape index (κ2) is 8.37. The van der Waals surface area contributed by atoms with Crippen LogP contribution in [0.25, 0.3) is 0 Å². The smallest absolute Gasteiger partial charge is 0.282 e. The van der Waals surface area contributed by atoms with E-state index in [1.54, 1.807) is 0 Å². The zero-order chi connectivity index (χ0) is 17.6. The van der Waals surface area contributed by atoms with E-state index in [2.05, 4.69) is 60.7 Å². The summed E-state index contributed by atoms with van der Waals surface area (Å²) in [4.78, 5) is 8.73. The Morgan fingerprint density at radius 3 is 2.00 bits per heavy atom. The number of hydrogen-bond acceptors (Lipinski definition) is 4. The van der Waals surface area contributed by atoms with Crippen LogP contribution < -0.4 is 0 Å². The highest BCUT2D eigenvalue weighted by molar-refractivity contribution is 14.1. The summed E-state index contributed by atoms with van der Waals surface area (Å²) >= 11 is 2.32. The van der Waals surface area contributed by atoms with E-state index in [1.165, 1.54) is 21.3 Å². The fraction of sp³-hybridized carbons (Fsp3) is 0.200. The lowest BCUT2D eigenvalue weighted by Gasteiger charge is -2.03. The molecule has 0 aliphatic heterocycles. The quantitative estimate of drug-likeness (QED) is 0.327. The minimum Gasteiger partial charge on any atom is -0.282 e. The lowest BCUT2D eigenvalue weighted by atomic mass is 10.0. The Bertz CT molecular complexity index is 773. The molecule has 0 amide bonds. The first kappa shape index (κ1) is 19.5. The molecule has 0 heterocycles. The average molecular weight is 449 g/mol. The van der Waals surface area contributed by atoms with Gasteiger partial charge in [0.25, 0.3) is 5.69 Å². The molecule has 1 N–H and O–H groups in total. The summed E-state index contributed by atoms with van der Waals surface area (Å²) in [7, 11) is -4.52. The SMILES string of the molecule is CC(C)c1ccc(I)cc1.O=[N+]([O-])c1ccccc1S(=O)(=O)O. The van der Waals surface area contributed by atoms with Crippen molar-refractivity contribution in [1.82, 2.24) is 0 Å². The molecule has 23 heavy (non-hydrogen) atoms. The van der Waals surface area contributed by atoms with Crippen LogP contribution in [0.4, 0.5) is 5.69 Å². The Morgan fingerprint density at radius 2 is 1.61 bits per heavy atom. The Morgan fingerprint density at radius 1 is 1.09 bits per heavy atom. The number of para-hydroxylation sites is 1. The summed E-state index contributed by atoms with van der Waals surface area (Å²) in [5, 5.41) is 10.3. The van der Waals surface area contributed by atoms with Crippen LogP contribution in [-0.2, 0) is 10.1 Å². The lowest BCUT2D eigenvalue weighted by Crippen LogP contribution is -2.02. The summed E-state index contributed by atoms with van der Waals surface area (Å²) in [6.07, 6.45) is 0. The van der Waals surface area contributed by atoms with Gasteiger partial charge in [0, 0.05) is 9.64 Å². The molecule has 0 aliphatic carbocycles. The number of hydrogen-bond donors (Lipinski definition) is 1.